The molecule has 1 aromatic heterocycles. The van der Waals surface area contributed by atoms with E-state index in [2.05, 4.69) is 43.4 Å². The zero-order valence-corrected chi connectivity index (χ0v) is 16.1. The quantitative estimate of drug-likeness (QED) is 0.496. The van der Waals surface area contributed by atoms with Gasteiger partial charge in [0.1, 0.15) is 4.67 Å². The Hall–Kier alpha value is -1.62. The van der Waals surface area contributed by atoms with Gasteiger partial charge in [0.05, 0.1) is 16.1 Å². The summed E-state index contributed by atoms with van der Waals surface area (Å²) in [6.07, 6.45) is 0. The van der Waals surface area contributed by atoms with Crippen molar-refractivity contribution in [2.75, 3.05) is 5.32 Å². The van der Waals surface area contributed by atoms with Gasteiger partial charge in [-0.2, -0.15) is 0 Å². The molecule has 4 rings (SSSR count). The number of rotatable bonds is 1. The number of hydrogen-bond donors (Lipinski definition) is 1. The molecule has 0 unspecified atom stereocenters. The van der Waals surface area contributed by atoms with E-state index in [0.717, 1.165) is 20.9 Å². The Kier molecular flexibility index (Phi) is 3.79. The average molecular weight is 373 g/mol. The second-order valence-corrected chi connectivity index (χ2v) is 9.08. The van der Waals surface area contributed by atoms with Gasteiger partial charge in [-0.15, -0.1) is 0 Å². The minimum atomic E-state index is -0.0896. The lowest BCUT2D eigenvalue weighted by molar-refractivity contribution is 0.619. The van der Waals surface area contributed by atoms with Gasteiger partial charge in [-0.1, -0.05) is 50.5 Å². The number of anilines is 1. The summed E-state index contributed by atoms with van der Waals surface area (Å²) in [5.41, 5.74) is 5.65. The largest absolute Gasteiger partial charge is 0.375 e. The zero-order valence-electron chi connectivity index (χ0n) is 13.7. The zero-order chi connectivity index (χ0) is 16.9. The molecule has 2 nitrogen and oxygen atoms in total. The Morgan fingerprint density at radius 2 is 1.88 bits per heavy atom. The van der Waals surface area contributed by atoms with Gasteiger partial charge in [0.15, 0.2) is 0 Å². The number of nitrogens with zero attached hydrogens (tertiary/aromatic N) is 1. The Morgan fingerprint density at radius 3 is 2.67 bits per heavy atom. The maximum Gasteiger partial charge on any atom is 0.135 e. The van der Waals surface area contributed by atoms with E-state index in [0.29, 0.717) is 0 Å². The van der Waals surface area contributed by atoms with Gasteiger partial charge in [-0.25, -0.2) is 4.99 Å². The highest BCUT2D eigenvalue weighted by Gasteiger charge is 2.33. The first kappa shape index (κ1) is 15.9. The molecule has 5 heteroatoms. The van der Waals surface area contributed by atoms with Crippen LogP contribution < -0.4 is 9.99 Å². The second-order valence-electron chi connectivity index (χ2n) is 6.51. The second kappa shape index (κ2) is 5.73. The Morgan fingerprint density at radius 1 is 1.08 bits per heavy atom. The molecule has 0 amide bonds. The summed E-state index contributed by atoms with van der Waals surface area (Å²) in [5.74, 6) is 0. The highest BCUT2D eigenvalue weighted by Crippen LogP contribution is 2.45. The normalized spacial score (nSPS) is 15.6. The lowest BCUT2D eigenvalue weighted by Gasteiger charge is -2.33. The molecule has 0 fully saturated rings. The molecular weight excluding hydrogens is 356 g/mol. The lowest BCUT2D eigenvalue weighted by atomic mass is 9.90. The van der Waals surface area contributed by atoms with Crippen LogP contribution in [0.2, 0.25) is 5.02 Å². The molecule has 2 aromatic carbocycles. The van der Waals surface area contributed by atoms with Crippen LogP contribution in [-0.2, 0) is 5.54 Å². The van der Waals surface area contributed by atoms with Gasteiger partial charge < -0.3 is 5.32 Å². The van der Waals surface area contributed by atoms with Gasteiger partial charge in [0.2, 0.25) is 0 Å². The third kappa shape index (κ3) is 2.59. The van der Waals surface area contributed by atoms with Gasteiger partial charge in [0, 0.05) is 21.8 Å². The topological polar surface area (TPSA) is 24.4 Å². The third-order valence-corrected chi connectivity index (χ3v) is 7.11. The molecule has 0 atom stereocenters. The first-order valence-corrected chi connectivity index (χ1v) is 10.3. The molecule has 0 saturated carbocycles. The molecule has 1 N–H and O–H groups in total. The fourth-order valence-corrected chi connectivity index (χ4v) is 6.21. The van der Waals surface area contributed by atoms with E-state index in [-0.39, 0.29) is 5.54 Å². The number of nitrogens with one attached hydrogen (secondary N) is 1. The summed E-state index contributed by atoms with van der Waals surface area (Å²) >= 11 is 6.07. The first-order chi connectivity index (χ1) is 11.5. The number of para-hydroxylation sites is 1. The SMILES string of the molecule is Cc1cc(Cl)ccc1N=c1ssc2c1-c1ccccc1NC2(C)C. The average Bonchev–Trinajstić information content (AvgIpc) is 2.95. The van der Waals surface area contributed by atoms with Crippen molar-refractivity contribution in [3.63, 3.8) is 0 Å². The van der Waals surface area contributed by atoms with E-state index in [1.54, 1.807) is 10.3 Å². The van der Waals surface area contributed by atoms with Crippen molar-refractivity contribution in [3.8, 4) is 11.1 Å². The molecule has 2 heterocycles. The number of aryl methyl sites for hydroxylation is 1. The first-order valence-electron chi connectivity index (χ1n) is 7.78. The lowest BCUT2D eigenvalue weighted by Crippen LogP contribution is -2.31. The number of hydrogen-bond acceptors (Lipinski definition) is 4. The van der Waals surface area contributed by atoms with Gasteiger partial charge in [0.25, 0.3) is 0 Å². The summed E-state index contributed by atoms with van der Waals surface area (Å²) in [6.45, 7) is 6.50. The number of halogens is 1. The predicted molar refractivity (Wildman–Crippen MR) is 106 cm³/mol. The van der Waals surface area contributed by atoms with Crippen LogP contribution in [0.4, 0.5) is 11.4 Å². The van der Waals surface area contributed by atoms with Crippen molar-refractivity contribution in [1.82, 2.24) is 0 Å². The Bertz CT molecular complexity index is 999. The van der Waals surface area contributed by atoms with Crippen molar-refractivity contribution >= 4 is 43.7 Å². The van der Waals surface area contributed by atoms with Crippen LogP contribution in [0, 0.1) is 6.92 Å². The molecule has 0 saturated heterocycles. The standard InChI is InChI=1S/C19H17ClN2S2/c1-11-10-12(20)8-9-14(11)21-18-16-13-6-4-5-7-15(13)22-19(2,3)17(16)23-24-18/h4-10,22H,1-3H3. The molecule has 3 aromatic rings. The van der Waals surface area contributed by atoms with E-state index in [1.165, 1.54) is 21.7 Å². The molecule has 24 heavy (non-hydrogen) atoms. The van der Waals surface area contributed by atoms with E-state index in [1.807, 2.05) is 35.5 Å². The van der Waals surface area contributed by atoms with Crippen molar-refractivity contribution in [2.45, 2.75) is 26.3 Å². The minimum Gasteiger partial charge on any atom is -0.375 e. The number of fused-ring (bicyclic) bond motifs is 3. The summed E-state index contributed by atoms with van der Waals surface area (Å²) in [4.78, 5) is 6.31. The van der Waals surface area contributed by atoms with Crippen LogP contribution in [0.1, 0.15) is 24.3 Å². The summed E-state index contributed by atoms with van der Waals surface area (Å²) in [7, 11) is 3.55. The van der Waals surface area contributed by atoms with Crippen molar-refractivity contribution in [3.05, 3.63) is 62.6 Å². The van der Waals surface area contributed by atoms with E-state index in [9.17, 15) is 0 Å². The highest BCUT2D eigenvalue weighted by molar-refractivity contribution is 7.68. The van der Waals surface area contributed by atoms with Gasteiger partial charge in [-0.05, 0) is 50.6 Å². The van der Waals surface area contributed by atoms with E-state index >= 15 is 0 Å². The molecule has 1 aliphatic rings. The predicted octanol–water partition coefficient (Wildman–Crippen LogP) is 6.33. The molecular formula is C19H17ClN2S2. The van der Waals surface area contributed by atoms with Crippen LogP contribution in [0.25, 0.3) is 11.1 Å². The minimum absolute atomic E-state index is 0.0896. The van der Waals surface area contributed by atoms with E-state index in [4.69, 9.17) is 16.6 Å². The van der Waals surface area contributed by atoms with Crippen LogP contribution >= 0.6 is 32.3 Å². The summed E-state index contributed by atoms with van der Waals surface area (Å²) in [5, 5.41) is 4.39. The Labute approximate surface area is 153 Å². The molecule has 1 aliphatic heterocycles. The fourth-order valence-electron chi connectivity index (χ4n) is 3.05. The van der Waals surface area contributed by atoms with Crippen molar-refractivity contribution in [2.24, 2.45) is 4.99 Å². The van der Waals surface area contributed by atoms with Gasteiger partial charge >= 0.3 is 0 Å². The summed E-state index contributed by atoms with van der Waals surface area (Å²) < 4.78 is 1.07. The maximum absolute atomic E-state index is 6.07. The van der Waals surface area contributed by atoms with Crippen LogP contribution in [0.3, 0.4) is 0 Å². The summed E-state index contributed by atoms with van der Waals surface area (Å²) in [6, 6.07) is 14.3. The third-order valence-electron chi connectivity index (χ3n) is 4.24. The van der Waals surface area contributed by atoms with E-state index < -0.39 is 0 Å². The Balaban J connectivity index is 1.98. The molecule has 0 aliphatic carbocycles. The van der Waals surface area contributed by atoms with Crippen LogP contribution in [0.15, 0.2) is 47.5 Å². The fraction of sp³-hybridized carbons (Fsp3) is 0.211. The maximum atomic E-state index is 6.07. The number of benzene rings is 2. The smallest absolute Gasteiger partial charge is 0.135 e. The molecule has 122 valence electrons. The van der Waals surface area contributed by atoms with Gasteiger partial charge in [-0.3, -0.25) is 0 Å². The van der Waals surface area contributed by atoms with Crippen molar-refractivity contribution < 1.29 is 0 Å². The monoisotopic (exact) mass is 372 g/mol. The van der Waals surface area contributed by atoms with Crippen LogP contribution in [-0.4, -0.2) is 0 Å². The van der Waals surface area contributed by atoms with Crippen LogP contribution in [0.5, 0.6) is 0 Å². The molecule has 0 bridgehead atoms. The molecule has 0 radical (unpaired) electrons. The highest BCUT2D eigenvalue weighted by atomic mass is 35.5. The molecule has 0 spiro atoms. The van der Waals surface area contributed by atoms with Crippen molar-refractivity contribution in [1.29, 1.82) is 0 Å².